The predicted molar refractivity (Wildman–Crippen MR) is 134 cm³/mol. The third-order valence-electron chi connectivity index (χ3n) is 5.56. The lowest BCUT2D eigenvalue weighted by Gasteiger charge is -2.23. The maximum Gasteiger partial charge on any atom is 0.469 e. The number of rotatable bonds is 10. The summed E-state index contributed by atoms with van der Waals surface area (Å²) in [6.07, 6.45) is 1.39. The van der Waals surface area contributed by atoms with Crippen LogP contribution in [0.4, 0.5) is 5.69 Å². The fourth-order valence-corrected chi connectivity index (χ4v) is 3.90. The van der Waals surface area contributed by atoms with E-state index in [-0.39, 0.29) is 5.92 Å². The number of nitrogens with two attached hydrogens (primary N) is 1. The van der Waals surface area contributed by atoms with Gasteiger partial charge in [-0.1, -0.05) is 66.7 Å². The molecule has 3 aromatic carbocycles. The van der Waals surface area contributed by atoms with Gasteiger partial charge >= 0.3 is 7.82 Å². The Morgan fingerprint density at radius 2 is 1.66 bits per heavy atom. The Morgan fingerprint density at radius 3 is 2.23 bits per heavy atom. The largest absolute Gasteiger partial charge is 0.469 e. The summed E-state index contributed by atoms with van der Waals surface area (Å²) in [5, 5.41) is 12.3. The van der Waals surface area contributed by atoms with E-state index in [1.54, 1.807) is 24.3 Å². The molecule has 0 heterocycles. The molecule has 5 N–H and O–H groups in total. The highest BCUT2D eigenvalue weighted by atomic mass is 31.2. The zero-order valence-corrected chi connectivity index (χ0v) is 20.2. The lowest BCUT2D eigenvalue weighted by Crippen LogP contribution is -2.52. The number of nitriles is 1. The van der Waals surface area contributed by atoms with Crippen molar-refractivity contribution in [2.45, 2.75) is 31.2 Å². The van der Waals surface area contributed by atoms with Gasteiger partial charge in [-0.2, -0.15) is 5.26 Å². The van der Waals surface area contributed by atoms with Crippen molar-refractivity contribution in [2.75, 3.05) is 11.9 Å². The van der Waals surface area contributed by atoms with Crippen LogP contribution in [-0.4, -0.2) is 27.8 Å². The normalized spacial score (nSPS) is 13.9. The summed E-state index contributed by atoms with van der Waals surface area (Å²) in [6.45, 7) is 0.661. The van der Waals surface area contributed by atoms with E-state index in [1.807, 2.05) is 18.2 Å². The van der Waals surface area contributed by atoms with Gasteiger partial charge in [0.1, 0.15) is 5.54 Å². The standard InChI is InChI=1S/C26H28N3O5P/c1-26(28,18-34-35(31,32)33)25(30)29-24-15-13-22(14-16-24)23(17-27)12-9-19-7-10-21(11-8-19)20-5-3-2-4-6-20/h2-8,10-11,13-16,23H,9,12,18,28H2,1H3,(H,29,30)(H2,31,32,33)/t23?,26-/m0/s1. The molecule has 182 valence electrons. The topological polar surface area (TPSA) is 146 Å². The minimum Gasteiger partial charge on any atom is -0.324 e. The van der Waals surface area contributed by atoms with Crippen LogP contribution in [0.5, 0.6) is 0 Å². The van der Waals surface area contributed by atoms with E-state index in [0.29, 0.717) is 12.1 Å². The lowest BCUT2D eigenvalue weighted by molar-refractivity contribution is -0.121. The maximum atomic E-state index is 12.4. The van der Waals surface area contributed by atoms with Crippen LogP contribution in [0.15, 0.2) is 78.9 Å². The van der Waals surface area contributed by atoms with Crippen molar-refractivity contribution in [1.82, 2.24) is 0 Å². The number of amides is 1. The number of hydrogen-bond donors (Lipinski definition) is 4. The number of phosphoric acid groups is 1. The first-order valence-corrected chi connectivity index (χ1v) is 12.5. The SMILES string of the molecule is C[C@](N)(COP(=O)(O)O)C(=O)Nc1ccc(C(C#N)CCc2ccc(-c3ccccc3)cc2)cc1. The molecule has 0 saturated carbocycles. The molecule has 0 aliphatic heterocycles. The number of nitrogens with zero attached hydrogens (tertiary/aromatic N) is 1. The summed E-state index contributed by atoms with van der Waals surface area (Å²) >= 11 is 0. The Bertz CT molecular complexity index is 1220. The van der Waals surface area contributed by atoms with Crippen LogP contribution in [0, 0.1) is 11.3 Å². The third-order valence-corrected chi connectivity index (χ3v) is 6.03. The molecule has 0 aliphatic carbocycles. The second-order valence-corrected chi connectivity index (χ2v) is 9.78. The predicted octanol–water partition coefficient (Wildman–Crippen LogP) is 4.36. The second kappa shape index (κ2) is 11.4. The molecule has 35 heavy (non-hydrogen) atoms. The van der Waals surface area contributed by atoms with Crippen LogP contribution in [0.25, 0.3) is 11.1 Å². The van der Waals surface area contributed by atoms with Crippen LogP contribution in [0.3, 0.4) is 0 Å². The number of carbonyl (C=O) groups excluding carboxylic acids is 1. The molecule has 8 nitrogen and oxygen atoms in total. The molecule has 0 bridgehead atoms. The Hall–Kier alpha value is -3.31. The van der Waals surface area contributed by atoms with Gasteiger partial charge in [0.2, 0.25) is 5.91 Å². The molecule has 0 fully saturated rings. The van der Waals surface area contributed by atoms with Crippen molar-refractivity contribution in [3.8, 4) is 17.2 Å². The minimum atomic E-state index is -4.74. The molecule has 3 rings (SSSR count). The highest BCUT2D eigenvalue weighted by Gasteiger charge is 2.32. The molecule has 0 aromatic heterocycles. The Labute approximate surface area is 204 Å². The molecular formula is C26H28N3O5P. The first-order valence-electron chi connectivity index (χ1n) is 11.0. The Balaban J connectivity index is 1.57. The zero-order valence-electron chi connectivity index (χ0n) is 19.3. The highest BCUT2D eigenvalue weighted by Crippen LogP contribution is 2.36. The van der Waals surface area contributed by atoms with Crippen molar-refractivity contribution in [3.63, 3.8) is 0 Å². The fraction of sp³-hybridized carbons (Fsp3) is 0.231. The molecule has 0 spiro atoms. The fourth-order valence-electron chi connectivity index (χ4n) is 3.47. The lowest BCUT2D eigenvalue weighted by atomic mass is 9.93. The molecular weight excluding hydrogens is 465 g/mol. The first-order chi connectivity index (χ1) is 16.6. The maximum absolute atomic E-state index is 12.4. The van der Waals surface area contributed by atoms with Crippen LogP contribution < -0.4 is 11.1 Å². The smallest absolute Gasteiger partial charge is 0.324 e. The van der Waals surface area contributed by atoms with E-state index < -0.39 is 25.9 Å². The van der Waals surface area contributed by atoms with Crippen molar-refractivity contribution in [1.29, 1.82) is 5.26 Å². The molecule has 1 unspecified atom stereocenters. The average Bonchev–Trinajstić information content (AvgIpc) is 2.84. The van der Waals surface area contributed by atoms with Crippen molar-refractivity contribution >= 4 is 19.4 Å². The molecule has 0 saturated heterocycles. The summed E-state index contributed by atoms with van der Waals surface area (Å²) in [5.74, 6) is -0.973. The number of hydrogen-bond acceptors (Lipinski definition) is 5. The first kappa shape index (κ1) is 26.3. The zero-order chi connectivity index (χ0) is 25.5. The van der Waals surface area contributed by atoms with Crippen molar-refractivity contribution < 1.29 is 23.7 Å². The molecule has 2 atom stereocenters. The third kappa shape index (κ3) is 7.86. The number of phosphoric ester groups is 1. The van der Waals surface area contributed by atoms with Gasteiger partial charge in [-0.3, -0.25) is 9.32 Å². The number of benzene rings is 3. The van der Waals surface area contributed by atoms with E-state index in [9.17, 15) is 14.6 Å². The van der Waals surface area contributed by atoms with Crippen LogP contribution in [0.2, 0.25) is 0 Å². The van der Waals surface area contributed by atoms with E-state index in [0.717, 1.165) is 28.7 Å². The number of nitrogens with one attached hydrogen (secondary N) is 1. The van der Waals surface area contributed by atoms with Gasteiger partial charge in [-0.25, -0.2) is 4.57 Å². The van der Waals surface area contributed by atoms with Gasteiger partial charge < -0.3 is 20.8 Å². The highest BCUT2D eigenvalue weighted by molar-refractivity contribution is 7.46. The summed E-state index contributed by atoms with van der Waals surface area (Å²) in [7, 11) is -4.74. The van der Waals surface area contributed by atoms with E-state index in [1.165, 1.54) is 6.92 Å². The molecule has 1 amide bonds. The monoisotopic (exact) mass is 493 g/mol. The number of anilines is 1. The average molecular weight is 494 g/mol. The van der Waals surface area contributed by atoms with Gasteiger partial charge in [0.05, 0.1) is 18.6 Å². The summed E-state index contributed by atoms with van der Waals surface area (Å²) < 4.78 is 15.2. The summed E-state index contributed by atoms with van der Waals surface area (Å²) in [6, 6.07) is 27.7. The van der Waals surface area contributed by atoms with Crippen LogP contribution in [-0.2, 0) is 20.3 Å². The van der Waals surface area contributed by atoms with E-state index in [4.69, 9.17) is 15.5 Å². The number of aryl methyl sites for hydroxylation is 1. The van der Waals surface area contributed by atoms with Crippen LogP contribution in [0.1, 0.15) is 30.4 Å². The van der Waals surface area contributed by atoms with Gasteiger partial charge in [0, 0.05) is 5.69 Å². The summed E-state index contributed by atoms with van der Waals surface area (Å²) in [5.41, 5.74) is 8.90. The van der Waals surface area contributed by atoms with E-state index >= 15 is 0 Å². The Kier molecular flexibility index (Phi) is 8.57. The van der Waals surface area contributed by atoms with E-state index in [2.05, 4.69) is 52.3 Å². The molecule has 3 aromatic rings. The van der Waals surface area contributed by atoms with Gasteiger partial charge in [-0.15, -0.1) is 0 Å². The van der Waals surface area contributed by atoms with Crippen molar-refractivity contribution in [2.24, 2.45) is 5.73 Å². The Morgan fingerprint density at radius 1 is 1.06 bits per heavy atom. The minimum absolute atomic E-state index is 0.315. The van der Waals surface area contributed by atoms with Crippen molar-refractivity contribution in [3.05, 3.63) is 90.0 Å². The number of carbonyl (C=O) groups is 1. The molecule has 0 radical (unpaired) electrons. The summed E-state index contributed by atoms with van der Waals surface area (Å²) in [4.78, 5) is 30.0. The quantitative estimate of drug-likeness (QED) is 0.307. The molecule has 9 heteroatoms. The van der Waals surface area contributed by atoms with Gasteiger partial charge in [0.15, 0.2) is 0 Å². The second-order valence-electron chi connectivity index (χ2n) is 8.54. The molecule has 0 aliphatic rings. The van der Waals surface area contributed by atoms with Crippen LogP contribution >= 0.6 is 7.82 Å². The van der Waals surface area contributed by atoms with Gasteiger partial charge in [0.25, 0.3) is 0 Å². The van der Waals surface area contributed by atoms with Gasteiger partial charge in [-0.05, 0) is 54.2 Å².